The summed E-state index contributed by atoms with van der Waals surface area (Å²) in [4.78, 5) is 2.42. The third kappa shape index (κ3) is 3.33. The van der Waals surface area contributed by atoms with E-state index in [1.165, 1.54) is 0 Å². The lowest BCUT2D eigenvalue weighted by Gasteiger charge is -2.27. The van der Waals surface area contributed by atoms with Gasteiger partial charge < -0.3 is 14.5 Å². The van der Waals surface area contributed by atoms with E-state index in [4.69, 9.17) is 9.15 Å². The molecule has 1 aromatic rings. The zero-order valence-electron chi connectivity index (χ0n) is 9.82. The molecule has 1 saturated heterocycles. The van der Waals surface area contributed by atoms with Crippen molar-refractivity contribution in [2.24, 2.45) is 0 Å². The van der Waals surface area contributed by atoms with E-state index in [-0.39, 0.29) is 6.04 Å². The predicted octanol–water partition coefficient (Wildman–Crippen LogP) is 1.26. The molecule has 4 heteroatoms. The molecule has 1 aliphatic rings. The second-order valence-electron chi connectivity index (χ2n) is 4.15. The fourth-order valence-electron chi connectivity index (χ4n) is 1.90. The van der Waals surface area contributed by atoms with Gasteiger partial charge in [0.1, 0.15) is 5.76 Å². The summed E-state index contributed by atoms with van der Waals surface area (Å²) in [7, 11) is 0. The quantitative estimate of drug-likeness (QED) is 0.817. The van der Waals surface area contributed by atoms with Crippen molar-refractivity contribution in [3.05, 3.63) is 24.2 Å². The Morgan fingerprint density at radius 3 is 2.94 bits per heavy atom. The number of hydrogen-bond acceptors (Lipinski definition) is 4. The highest BCUT2D eigenvalue weighted by atomic mass is 16.5. The maximum absolute atomic E-state index is 5.34. The molecule has 16 heavy (non-hydrogen) atoms. The van der Waals surface area contributed by atoms with Crippen LogP contribution in [0.1, 0.15) is 18.7 Å². The molecule has 0 amide bonds. The van der Waals surface area contributed by atoms with Gasteiger partial charge in [-0.1, -0.05) is 0 Å². The normalized spacial score (nSPS) is 19.8. The highest BCUT2D eigenvalue weighted by Gasteiger charge is 2.11. The lowest BCUT2D eigenvalue weighted by molar-refractivity contribution is 0.0381. The van der Waals surface area contributed by atoms with Crippen LogP contribution in [0.4, 0.5) is 0 Å². The molecule has 0 radical (unpaired) electrons. The number of nitrogens with one attached hydrogen (secondary N) is 1. The number of ether oxygens (including phenoxy) is 1. The van der Waals surface area contributed by atoms with Gasteiger partial charge in [-0.3, -0.25) is 4.90 Å². The number of nitrogens with zero attached hydrogens (tertiary/aromatic N) is 1. The van der Waals surface area contributed by atoms with Crippen molar-refractivity contribution in [1.82, 2.24) is 10.2 Å². The van der Waals surface area contributed by atoms with Crippen molar-refractivity contribution in [3.63, 3.8) is 0 Å². The van der Waals surface area contributed by atoms with Gasteiger partial charge in [0.15, 0.2) is 0 Å². The number of rotatable bonds is 5. The van der Waals surface area contributed by atoms with Crippen molar-refractivity contribution >= 4 is 0 Å². The minimum absolute atomic E-state index is 0.288. The highest BCUT2D eigenvalue weighted by Crippen LogP contribution is 2.11. The molecule has 0 spiro atoms. The molecule has 1 fully saturated rings. The van der Waals surface area contributed by atoms with Crippen molar-refractivity contribution in [2.75, 3.05) is 39.4 Å². The first-order valence-electron chi connectivity index (χ1n) is 5.93. The van der Waals surface area contributed by atoms with Gasteiger partial charge in [0, 0.05) is 26.2 Å². The predicted molar refractivity (Wildman–Crippen MR) is 62.4 cm³/mol. The third-order valence-electron chi connectivity index (χ3n) is 2.95. The smallest absolute Gasteiger partial charge is 0.120 e. The summed E-state index contributed by atoms with van der Waals surface area (Å²) >= 11 is 0. The van der Waals surface area contributed by atoms with Gasteiger partial charge in [0.2, 0.25) is 0 Å². The van der Waals surface area contributed by atoms with Gasteiger partial charge >= 0.3 is 0 Å². The minimum atomic E-state index is 0.288. The van der Waals surface area contributed by atoms with Crippen molar-refractivity contribution < 1.29 is 9.15 Å². The van der Waals surface area contributed by atoms with E-state index in [1.807, 2.05) is 12.1 Å². The number of furan rings is 1. The van der Waals surface area contributed by atoms with Crippen LogP contribution in [-0.2, 0) is 4.74 Å². The van der Waals surface area contributed by atoms with E-state index in [2.05, 4.69) is 17.1 Å². The second kappa shape index (κ2) is 6.03. The minimum Gasteiger partial charge on any atom is -0.468 e. The summed E-state index contributed by atoms with van der Waals surface area (Å²) < 4.78 is 10.7. The van der Waals surface area contributed by atoms with E-state index in [9.17, 15) is 0 Å². The first-order valence-corrected chi connectivity index (χ1v) is 5.93. The van der Waals surface area contributed by atoms with Crippen LogP contribution < -0.4 is 5.32 Å². The van der Waals surface area contributed by atoms with Crippen LogP contribution in [0.15, 0.2) is 22.8 Å². The SMILES string of the molecule is CC(NCCN1CCOCC1)c1ccco1. The monoisotopic (exact) mass is 224 g/mol. The zero-order chi connectivity index (χ0) is 11.2. The van der Waals surface area contributed by atoms with Gasteiger partial charge in [-0.2, -0.15) is 0 Å². The lowest BCUT2D eigenvalue weighted by atomic mass is 10.2. The number of hydrogen-bond donors (Lipinski definition) is 1. The molecule has 1 aromatic heterocycles. The van der Waals surface area contributed by atoms with Gasteiger partial charge in [-0.05, 0) is 19.1 Å². The topological polar surface area (TPSA) is 37.6 Å². The molecule has 4 nitrogen and oxygen atoms in total. The summed E-state index contributed by atoms with van der Waals surface area (Å²) in [6.07, 6.45) is 1.72. The van der Waals surface area contributed by atoms with E-state index in [0.717, 1.165) is 45.2 Å². The Morgan fingerprint density at radius 2 is 2.25 bits per heavy atom. The Kier molecular flexibility index (Phi) is 4.39. The average molecular weight is 224 g/mol. The Labute approximate surface area is 96.6 Å². The Balaban J connectivity index is 1.63. The molecule has 2 heterocycles. The molecule has 1 atom stereocenters. The summed E-state index contributed by atoms with van der Waals surface area (Å²) in [5.41, 5.74) is 0. The largest absolute Gasteiger partial charge is 0.468 e. The molecule has 0 saturated carbocycles. The van der Waals surface area contributed by atoms with Crippen LogP contribution in [0.25, 0.3) is 0 Å². The molecule has 1 aliphatic heterocycles. The molecule has 0 aromatic carbocycles. The first-order chi connectivity index (χ1) is 7.86. The van der Waals surface area contributed by atoms with Crippen LogP contribution >= 0.6 is 0 Å². The van der Waals surface area contributed by atoms with E-state index in [0.29, 0.717) is 0 Å². The van der Waals surface area contributed by atoms with Crippen LogP contribution in [-0.4, -0.2) is 44.3 Å². The molecule has 1 N–H and O–H groups in total. The Bertz CT molecular complexity index is 281. The Morgan fingerprint density at radius 1 is 1.44 bits per heavy atom. The molecular formula is C12H20N2O2. The summed E-state index contributed by atoms with van der Waals surface area (Å²) in [5, 5.41) is 3.46. The van der Waals surface area contributed by atoms with Crippen LogP contribution in [0.5, 0.6) is 0 Å². The van der Waals surface area contributed by atoms with Gasteiger partial charge in [0.25, 0.3) is 0 Å². The van der Waals surface area contributed by atoms with Crippen LogP contribution in [0, 0.1) is 0 Å². The van der Waals surface area contributed by atoms with E-state index >= 15 is 0 Å². The van der Waals surface area contributed by atoms with Crippen LogP contribution in [0.3, 0.4) is 0 Å². The third-order valence-corrected chi connectivity index (χ3v) is 2.95. The molecular weight excluding hydrogens is 204 g/mol. The van der Waals surface area contributed by atoms with Gasteiger partial charge in [0.05, 0.1) is 25.5 Å². The standard InChI is InChI=1S/C12H20N2O2/c1-11(12-3-2-8-16-12)13-4-5-14-6-9-15-10-7-14/h2-3,8,11,13H,4-7,9-10H2,1H3. The maximum atomic E-state index is 5.34. The first kappa shape index (κ1) is 11.6. The summed E-state index contributed by atoms with van der Waals surface area (Å²) in [6, 6.07) is 4.22. The van der Waals surface area contributed by atoms with E-state index in [1.54, 1.807) is 6.26 Å². The fraction of sp³-hybridized carbons (Fsp3) is 0.667. The second-order valence-corrected chi connectivity index (χ2v) is 4.15. The van der Waals surface area contributed by atoms with Crippen molar-refractivity contribution in [2.45, 2.75) is 13.0 Å². The number of morpholine rings is 1. The highest BCUT2D eigenvalue weighted by molar-refractivity contribution is 5.02. The van der Waals surface area contributed by atoms with E-state index < -0.39 is 0 Å². The lowest BCUT2D eigenvalue weighted by Crippen LogP contribution is -2.40. The maximum Gasteiger partial charge on any atom is 0.120 e. The molecule has 90 valence electrons. The average Bonchev–Trinajstić information content (AvgIpc) is 2.84. The van der Waals surface area contributed by atoms with Crippen molar-refractivity contribution in [1.29, 1.82) is 0 Å². The summed E-state index contributed by atoms with van der Waals surface area (Å²) in [6.45, 7) is 8.03. The molecule has 1 unspecified atom stereocenters. The molecule has 2 rings (SSSR count). The summed E-state index contributed by atoms with van der Waals surface area (Å²) in [5.74, 6) is 1.00. The molecule has 0 bridgehead atoms. The zero-order valence-corrected chi connectivity index (χ0v) is 9.82. The van der Waals surface area contributed by atoms with Crippen molar-refractivity contribution in [3.8, 4) is 0 Å². The van der Waals surface area contributed by atoms with Gasteiger partial charge in [-0.25, -0.2) is 0 Å². The van der Waals surface area contributed by atoms with Crippen LogP contribution in [0.2, 0.25) is 0 Å². The fourth-order valence-corrected chi connectivity index (χ4v) is 1.90. The molecule has 0 aliphatic carbocycles. The van der Waals surface area contributed by atoms with Gasteiger partial charge in [-0.15, -0.1) is 0 Å². The Hall–Kier alpha value is -0.840.